The molecule has 0 saturated heterocycles. The Bertz CT molecular complexity index is 463. The van der Waals surface area contributed by atoms with Crippen molar-refractivity contribution in [2.75, 3.05) is 5.75 Å². The maximum Gasteiger partial charge on any atom is 0.178 e. The molecular formula is C11H15NO2S2. The van der Waals surface area contributed by atoms with Gasteiger partial charge in [-0.1, -0.05) is 37.7 Å². The van der Waals surface area contributed by atoms with E-state index in [0.717, 1.165) is 6.42 Å². The first kappa shape index (κ1) is 13.1. The predicted octanol–water partition coefficient (Wildman–Crippen LogP) is 1.89. The number of hydrogen-bond acceptors (Lipinski definition) is 3. The molecule has 1 aromatic carbocycles. The third kappa shape index (κ3) is 3.28. The fourth-order valence-electron chi connectivity index (χ4n) is 1.28. The first-order chi connectivity index (χ1) is 7.47. The molecule has 88 valence electrons. The highest BCUT2D eigenvalue weighted by Crippen LogP contribution is 2.13. The summed E-state index contributed by atoms with van der Waals surface area (Å²) >= 11 is 4.80. The van der Waals surface area contributed by atoms with Gasteiger partial charge in [-0.25, -0.2) is 8.42 Å². The van der Waals surface area contributed by atoms with Crippen LogP contribution >= 0.6 is 12.2 Å². The van der Waals surface area contributed by atoms with E-state index < -0.39 is 9.84 Å². The second-order valence-electron chi connectivity index (χ2n) is 3.56. The second kappa shape index (κ2) is 5.41. The van der Waals surface area contributed by atoms with Crippen LogP contribution in [0.3, 0.4) is 0 Å². The minimum Gasteiger partial charge on any atom is -0.389 e. The van der Waals surface area contributed by atoms with Crippen LogP contribution < -0.4 is 5.73 Å². The van der Waals surface area contributed by atoms with Gasteiger partial charge in [0.15, 0.2) is 9.84 Å². The van der Waals surface area contributed by atoms with Crippen LogP contribution in [0.15, 0.2) is 29.2 Å². The zero-order valence-corrected chi connectivity index (χ0v) is 10.8. The van der Waals surface area contributed by atoms with Crippen molar-refractivity contribution in [3.05, 3.63) is 29.8 Å². The molecule has 0 fully saturated rings. The van der Waals surface area contributed by atoms with Crippen LogP contribution in [0.1, 0.15) is 25.3 Å². The minimum absolute atomic E-state index is 0.190. The van der Waals surface area contributed by atoms with Crippen LogP contribution in [0, 0.1) is 0 Å². The summed E-state index contributed by atoms with van der Waals surface area (Å²) in [5.41, 5.74) is 6.12. The highest BCUT2D eigenvalue weighted by Gasteiger charge is 2.13. The van der Waals surface area contributed by atoms with Gasteiger partial charge in [0.2, 0.25) is 0 Å². The van der Waals surface area contributed by atoms with Crippen molar-refractivity contribution in [3.63, 3.8) is 0 Å². The zero-order chi connectivity index (χ0) is 12.2. The van der Waals surface area contributed by atoms with E-state index in [4.69, 9.17) is 18.0 Å². The number of benzene rings is 1. The number of hydrogen-bond donors (Lipinski definition) is 1. The van der Waals surface area contributed by atoms with Crippen LogP contribution in [0.5, 0.6) is 0 Å². The summed E-state index contributed by atoms with van der Waals surface area (Å²) in [6.45, 7) is 1.96. The zero-order valence-electron chi connectivity index (χ0n) is 9.14. The number of rotatable bonds is 5. The summed E-state index contributed by atoms with van der Waals surface area (Å²) in [7, 11) is -3.15. The fraction of sp³-hybridized carbons (Fsp3) is 0.364. The van der Waals surface area contributed by atoms with Gasteiger partial charge in [-0.05, 0) is 18.6 Å². The molecule has 0 amide bonds. The highest BCUT2D eigenvalue weighted by atomic mass is 32.2. The van der Waals surface area contributed by atoms with Gasteiger partial charge in [-0.15, -0.1) is 0 Å². The van der Waals surface area contributed by atoms with Crippen molar-refractivity contribution >= 4 is 27.0 Å². The summed E-state index contributed by atoms with van der Waals surface area (Å²) < 4.78 is 23.6. The van der Waals surface area contributed by atoms with Crippen LogP contribution in [-0.4, -0.2) is 19.2 Å². The first-order valence-electron chi connectivity index (χ1n) is 5.10. The second-order valence-corrected chi connectivity index (χ2v) is 6.11. The summed E-state index contributed by atoms with van der Waals surface area (Å²) in [5, 5.41) is 0. The molecule has 0 aliphatic carbocycles. The van der Waals surface area contributed by atoms with Crippen LogP contribution in [-0.2, 0) is 9.84 Å². The molecule has 0 aromatic heterocycles. The van der Waals surface area contributed by atoms with Crippen molar-refractivity contribution in [3.8, 4) is 0 Å². The van der Waals surface area contributed by atoms with Crippen LogP contribution in [0.2, 0.25) is 0 Å². The Hall–Kier alpha value is -0.940. The number of thiocarbonyl (C=S) groups is 1. The molecule has 5 heteroatoms. The molecule has 3 nitrogen and oxygen atoms in total. The van der Waals surface area contributed by atoms with Crippen LogP contribution in [0.25, 0.3) is 0 Å². The van der Waals surface area contributed by atoms with E-state index >= 15 is 0 Å². The van der Waals surface area contributed by atoms with Crippen molar-refractivity contribution in [1.29, 1.82) is 0 Å². The standard InChI is InChI=1S/C11H15NO2S2/c1-2-3-8-16(13,14)10-6-4-9(5-7-10)11(12)15/h4-7H,2-3,8H2,1H3,(H2,12,15). The largest absolute Gasteiger partial charge is 0.389 e. The van der Waals surface area contributed by atoms with Gasteiger partial charge < -0.3 is 5.73 Å². The smallest absolute Gasteiger partial charge is 0.178 e. The monoisotopic (exact) mass is 257 g/mol. The van der Waals surface area contributed by atoms with Gasteiger partial charge in [0.1, 0.15) is 4.99 Å². The quantitative estimate of drug-likeness (QED) is 0.818. The Morgan fingerprint density at radius 3 is 2.31 bits per heavy atom. The van der Waals surface area contributed by atoms with Crippen LogP contribution in [0.4, 0.5) is 0 Å². The molecule has 0 spiro atoms. The molecular weight excluding hydrogens is 242 g/mol. The van der Waals surface area contributed by atoms with E-state index in [-0.39, 0.29) is 10.7 Å². The van der Waals surface area contributed by atoms with Crippen molar-refractivity contribution < 1.29 is 8.42 Å². The van der Waals surface area contributed by atoms with Gasteiger partial charge in [0.25, 0.3) is 0 Å². The molecule has 0 atom stereocenters. The third-order valence-electron chi connectivity index (χ3n) is 2.26. The van der Waals surface area contributed by atoms with Gasteiger partial charge in [0.05, 0.1) is 10.6 Å². The highest BCUT2D eigenvalue weighted by molar-refractivity contribution is 7.91. The predicted molar refractivity (Wildman–Crippen MR) is 69.3 cm³/mol. The molecule has 2 N–H and O–H groups in total. The lowest BCUT2D eigenvalue weighted by molar-refractivity contribution is 0.592. The van der Waals surface area contributed by atoms with Gasteiger partial charge in [-0.2, -0.15) is 0 Å². The van der Waals surface area contributed by atoms with Crippen molar-refractivity contribution in [2.45, 2.75) is 24.7 Å². The normalized spacial score (nSPS) is 11.3. The lowest BCUT2D eigenvalue weighted by Crippen LogP contribution is -2.10. The van der Waals surface area contributed by atoms with Crippen molar-refractivity contribution in [1.82, 2.24) is 0 Å². The average Bonchev–Trinajstić information content (AvgIpc) is 2.26. The summed E-state index contributed by atoms with van der Waals surface area (Å²) in [5.74, 6) is 0.190. The lowest BCUT2D eigenvalue weighted by Gasteiger charge is -2.04. The Morgan fingerprint density at radius 2 is 1.88 bits per heavy atom. The maximum atomic E-state index is 11.8. The Labute approximate surface area is 102 Å². The Kier molecular flexibility index (Phi) is 4.44. The molecule has 16 heavy (non-hydrogen) atoms. The molecule has 0 aliphatic heterocycles. The number of unbranched alkanes of at least 4 members (excludes halogenated alkanes) is 1. The van der Waals surface area contributed by atoms with E-state index in [9.17, 15) is 8.42 Å². The van der Waals surface area contributed by atoms with Gasteiger partial charge in [0, 0.05) is 5.56 Å². The molecule has 0 radical (unpaired) electrons. The molecule has 0 unspecified atom stereocenters. The van der Waals surface area contributed by atoms with Crippen molar-refractivity contribution in [2.24, 2.45) is 5.73 Å². The maximum absolute atomic E-state index is 11.8. The average molecular weight is 257 g/mol. The molecule has 0 heterocycles. The van der Waals surface area contributed by atoms with E-state index in [2.05, 4.69) is 0 Å². The third-order valence-corrected chi connectivity index (χ3v) is 4.32. The van der Waals surface area contributed by atoms with Gasteiger partial charge in [-0.3, -0.25) is 0 Å². The molecule has 1 rings (SSSR count). The molecule has 0 saturated carbocycles. The Morgan fingerprint density at radius 1 is 1.31 bits per heavy atom. The first-order valence-corrected chi connectivity index (χ1v) is 7.16. The van der Waals surface area contributed by atoms with E-state index in [0.29, 0.717) is 16.9 Å². The summed E-state index contributed by atoms with van der Waals surface area (Å²) in [6.07, 6.45) is 1.55. The number of sulfone groups is 1. The minimum atomic E-state index is -3.15. The van der Waals surface area contributed by atoms with E-state index in [1.807, 2.05) is 6.92 Å². The summed E-state index contributed by atoms with van der Waals surface area (Å²) in [4.78, 5) is 0.610. The summed E-state index contributed by atoms with van der Waals surface area (Å²) in [6, 6.07) is 6.39. The molecule has 0 bridgehead atoms. The fourth-order valence-corrected chi connectivity index (χ4v) is 2.87. The SMILES string of the molecule is CCCCS(=O)(=O)c1ccc(C(N)=S)cc1. The molecule has 0 aliphatic rings. The Balaban J connectivity index is 2.93. The van der Waals surface area contributed by atoms with Gasteiger partial charge >= 0.3 is 0 Å². The number of nitrogens with two attached hydrogens (primary N) is 1. The topological polar surface area (TPSA) is 60.2 Å². The van der Waals surface area contributed by atoms with E-state index in [1.54, 1.807) is 24.3 Å². The molecule has 1 aromatic rings. The lowest BCUT2D eigenvalue weighted by atomic mass is 10.2. The van der Waals surface area contributed by atoms with E-state index in [1.165, 1.54) is 0 Å².